The van der Waals surface area contributed by atoms with E-state index in [2.05, 4.69) is 6.58 Å². The maximum absolute atomic E-state index is 11.8. The zero-order valence-electron chi connectivity index (χ0n) is 7.90. The standard InChI is InChI=1S/C11H11NO2/c1-3-11(14)10(13)8-6-4-5-7-9(8)12(11)2/h3-7,14H,1H2,2H3/t11-/m1/s1. The number of Topliss-reactive ketones (excluding diaryl/α,β-unsaturated/α-hetero) is 1. The van der Waals surface area contributed by atoms with Gasteiger partial charge in [-0.2, -0.15) is 0 Å². The van der Waals surface area contributed by atoms with Crippen LogP contribution in [-0.4, -0.2) is 23.7 Å². The monoisotopic (exact) mass is 189 g/mol. The molecule has 0 aliphatic carbocycles. The molecule has 0 fully saturated rings. The number of ketones is 1. The minimum atomic E-state index is -1.58. The predicted molar refractivity (Wildman–Crippen MR) is 54.3 cm³/mol. The number of hydrogen-bond acceptors (Lipinski definition) is 3. The molecule has 1 heterocycles. The first-order valence-corrected chi connectivity index (χ1v) is 4.35. The van der Waals surface area contributed by atoms with E-state index in [4.69, 9.17) is 0 Å². The van der Waals surface area contributed by atoms with Gasteiger partial charge in [0.25, 0.3) is 0 Å². The molecule has 14 heavy (non-hydrogen) atoms. The molecule has 0 saturated carbocycles. The van der Waals surface area contributed by atoms with E-state index in [1.165, 1.54) is 11.0 Å². The van der Waals surface area contributed by atoms with Crippen molar-refractivity contribution in [3.8, 4) is 0 Å². The van der Waals surface area contributed by atoms with E-state index >= 15 is 0 Å². The van der Waals surface area contributed by atoms with E-state index in [0.29, 0.717) is 5.56 Å². The van der Waals surface area contributed by atoms with Crippen LogP contribution in [0.15, 0.2) is 36.9 Å². The minimum absolute atomic E-state index is 0.314. The number of hydrogen-bond donors (Lipinski definition) is 1. The largest absolute Gasteiger partial charge is 0.361 e. The first kappa shape index (κ1) is 8.97. The molecule has 2 rings (SSSR count). The minimum Gasteiger partial charge on any atom is -0.361 e. The van der Waals surface area contributed by atoms with Crippen molar-refractivity contribution < 1.29 is 9.90 Å². The highest BCUT2D eigenvalue weighted by Gasteiger charge is 2.45. The van der Waals surface area contributed by atoms with Crippen molar-refractivity contribution in [2.45, 2.75) is 5.72 Å². The molecule has 1 N–H and O–H groups in total. The molecule has 3 heteroatoms. The van der Waals surface area contributed by atoms with E-state index in [1.54, 1.807) is 25.2 Å². The van der Waals surface area contributed by atoms with Crippen LogP contribution in [0.3, 0.4) is 0 Å². The van der Waals surface area contributed by atoms with Crippen LogP contribution in [0.4, 0.5) is 5.69 Å². The predicted octanol–water partition coefficient (Wildman–Crippen LogP) is 1.19. The Morgan fingerprint density at radius 2 is 2.14 bits per heavy atom. The van der Waals surface area contributed by atoms with Gasteiger partial charge in [-0.25, -0.2) is 0 Å². The molecule has 1 aromatic rings. The van der Waals surface area contributed by atoms with Crippen LogP contribution in [0.25, 0.3) is 0 Å². The van der Waals surface area contributed by atoms with Crippen molar-refractivity contribution in [1.29, 1.82) is 0 Å². The molecule has 1 aliphatic rings. The van der Waals surface area contributed by atoms with E-state index in [0.717, 1.165) is 5.69 Å². The van der Waals surface area contributed by atoms with Crippen molar-refractivity contribution >= 4 is 11.5 Å². The van der Waals surface area contributed by atoms with Crippen LogP contribution < -0.4 is 4.90 Å². The normalized spacial score (nSPS) is 25.0. The van der Waals surface area contributed by atoms with Gasteiger partial charge in [-0.15, -0.1) is 0 Å². The smallest absolute Gasteiger partial charge is 0.222 e. The van der Waals surface area contributed by atoms with Crippen LogP contribution in [-0.2, 0) is 0 Å². The first-order chi connectivity index (χ1) is 6.61. The molecule has 0 saturated heterocycles. The average molecular weight is 189 g/mol. The van der Waals surface area contributed by atoms with Crippen molar-refractivity contribution in [3.05, 3.63) is 42.5 Å². The summed E-state index contributed by atoms with van der Waals surface area (Å²) in [5.41, 5.74) is -0.304. The third-order valence-corrected chi connectivity index (χ3v) is 2.64. The number of aliphatic hydroxyl groups is 1. The number of carbonyl (C=O) groups excluding carboxylic acids is 1. The number of para-hydroxylation sites is 1. The van der Waals surface area contributed by atoms with Crippen molar-refractivity contribution in [2.24, 2.45) is 0 Å². The lowest BCUT2D eigenvalue weighted by atomic mass is 10.1. The van der Waals surface area contributed by atoms with E-state index in [1.807, 2.05) is 6.07 Å². The van der Waals surface area contributed by atoms with Gasteiger partial charge in [-0.05, 0) is 18.2 Å². The average Bonchev–Trinajstić information content (AvgIpc) is 2.43. The third-order valence-electron chi connectivity index (χ3n) is 2.64. The van der Waals surface area contributed by atoms with Gasteiger partial charge in [-0.1, -0.05) is 18.7 Å². The molecule has 0 unspecified atom stereocenters. The molecule has 0 spiro atoms. The number of fused-ring (bicyclic) bond motifs is 1. The zero-order valence-corrected chi connectivity index (χ0v) is 7.90. The summed E-state index contributed by atoms with van der Waals surface area (Å²) in [6.07, 6.45) is 1.26. The Labute approximate surface area is 82.3 Å². The maximum atomic E-state index is 11.8. The number of likely N-dealkylation sites (N-methyl/N-ethyl adjacent to an activating group) is 1. The number of nitrogens with zero attached hydrogens (tertiary/aromatic N) is 1. The summed E-state index contributed by atoms with van der Waals surface area (Å²) in [5.74, 6) is -0.314. The van der Waals surface area contributed by atoms with E-state index in [-0.39, 0.29) is 5.78 Å². The number of carbonyl (C=O) groups is 1. The van der Waals surface area contributed by atoms with Gasteiger partial charge in [0, 0.05) is 12.6 Å². The van der Waals surface area contributed by atoms with E-state index in [9.17, 15) is 9.90 Å². The Morgan fingerprint density at radius 1 is 1.50 bits per heavy atom. The summed E-state index contributed by atoms with van der Waals surface area (Å²) < 4.78 is 0. The molecular weight excluding hydrogens is 178 g/mol. The SMILES string of the molecule is C=C[C@@]1(O)C(=O)c2ccccc2N1C. The lowest BCUT2D eigenvalue weighted by Gasteiger charge is -2.27. The fraction of sp³-hybridized carbons (Fsp3) is 0.182. The maximum Gasteiger partial charge on any atom is 0.222 e. The van der Waals surface area contributed by atoms with Crippen molar-refractivity contribution in [2.75, 3.05) is 11.9 Å². The van der Waals surface area contributed by atoms with Crippen LogP contribution in [0.5, 0.6) is 0 Å². The summed E-state index contributed by atoms with van der Waals surface area (Å²) in [6, 6.07) is 7.11. The highest BCUT2D eigenvalue weighted by Crippen LogP contribution is 2.36. The number of rotatable bonds is 1. The summed E-state index contributed by atoms with van der Waals surface area (Å²) in [5, 5.41) is 10.0. The van der Waals surface area contributed by atoms with Crippen LogP contribution in [0.1, 0.15) is 10.4 Å². The molecule has 0 bridgehead atoms. The molecule has 72 valence electrons. The van der Waals surface area contributed by atoms with Gasteiger partial charge < -0.3 is 10.0 Å². The molecule has 0 amide bonds. The van der Waals surface area contributed by atoms with Gasteiger partial charge in [0.15, 0.2) is 0 Å². The van der Waals surface area contributed by atoms with Gasteiger partial charge in [0.1, 0.15) is 0 Å². The molecule has 1 aliphatic heterocycles. The van der Waals surface area contributed by atoms with Crippen LogP contribution in [0, 0.1) is 0 Å². The lowest BCUT2D eigenvalue weighted by Crippen LogP contribution is -2.46. The fourth-order valence-electron chi connectivity index (χ4n) is 1.72. The fourth-order valence-corrected chi connectivity index (χ4v) is 1.72. The number of benzene rings is 1. The van der Waals surface area contributed by atoms with E-state index < -0.39 is 5.72 Å². The molecule has 1 aromatic carbocycles. The quantitative estimate of drug-likeness (QED) is 0.675. The van der Waals surface area contributed by atoms with Crippen molar-refractivity contribution in [3.63, 3.8) is 0 Å². The van der Waals surface area contributed by atoms with Crippen molar-refractivity contribution in [1.82, 2.24) is 0 Å². The Bertz CT molecular complexity index is 414. The second kappa shape index (κ2) is 2.69. The van der Waals surface area contributed by atoms with Gasteiger partial charge >= 0.3 is 0 Å². The molecule has 1 atom stereocenters. The van der Waals surface area contributed by atoms with Gasteiger partial charge in [0.05, 0.1) is 5.69 Å². The topological polar surface area (TPSA) is 40.5 Å². The van der Waals surface area contributed by atoms with Crippen LogP contribution >= 0.6 is 0 Å². The Hall–Kier alpha value is -1.61. The molecule has 0 radical (unpaired) electrons. The summed E-state index contributed by atoms with van der Waals surface area (Å²) in [7, 11) is 1.67. The Kier molecular flexibility index (Phi) is 1.72. The highest BCUT2D eigenvalue weighted by atomic mass is 16.3. The molecular formula is C11H11NO2. The van der Waals surface area contributed by atoms with Gasteiger partial charge in [0.2, 0.25) is 11.5 Å². The summed E-state index contributed by atoms with van der Waals surface area (Å²) in [4.78, 5) is 13.3. The van der Waals surface area contributed by atoms with Gasteiger partial charge in [-0.3, -0.25) is 4.79 Å². The summed E-state index contributed by atoms with van der Waals surface area (Å²) in [6.45, 7) is 3.49. The van der Waals surface area contributed by atoms with Crippen LogP contribution in [0.2, 0.25) is 0 Å². The highest BCUT2D eigenvalue weighted by molar-refractivity contribution is 6.13. The lowest BCUT2D eigenvalue weighted by molar-refractivity contribution is 0.0574. The second-order valence-corrected chi connectivity index (χ2v) is 3.34. The first-order valence-electron chi connectivity index (χ1n) is 4.35. The Balaban J connectivity index is 2.65. The molecule has 3 nitrogen and oxygen atoms in total. The molecule has 0 aromatic heterocycles. The third kappa shape index (κ3) is 0.873. The Morgan fingerprint density at radius 3 is 2.71 bits per heavy atom. The second-order valence-electron chi connectivity index (χ2n) is 3.34. The zero-order chi connectivity index (χ0) is 10.3. The number of anilines is 1. The summed E-state index contributed by atoms with van der Waals surface area (Å²) >= 11 is 0.